The van der Waals surface area contributed by atoms with Crippen molar-refractivity contribution < 1.29 is 46.0 Å². The van der Waals surface area contributed by atoms with Gasteiger partial charge in [-0.1, -0.05) is 0 Å². The molecule has 0 aliphatic carbocycles. The molecule has 366 valence electrons. The summed E-state index contributed by atoms with van der Waals surface area (Å²) in [7, 11) is -0.543. The zero-order chi connectivity index (χ0) is 49.9. The highest BCUT2D eigenvalue weighted by molar-refractivity contribution is 6.65. The van der Waals surface area contributed by atoms with E-state index in [1.165, 1.54) is 36.7 Å². The van der Waals surface area contributed by atoms with Gasteiger partial charge < -0.3 is 47.4 Å². The first kappa shape index (κ1) is 46.9. The number of fused-ring (bicyclic) bond motifs is 8. The Morgan fingerprint density at radius 2 is 1.14 bits per heavy atom. The molecule has 0 unspecified atom stereocenters. The minimum atomic E-state index is -0.543. The third-order valence-corrected chi connectivity index (χ3v) is 13.4. The molecule has 2 N–H and O–H groups in total. The molecule has 0 saturated carbocycles. The first-order valence-electron chi connectivity index (χ1n) is 23.1. The molecule has 3 saturated heterocycles. The number of anilines is 2. The quantitative estimate of drug-likeness (QED) is 0.0909. The molecule has 11 heterocycles. The molecule has 3 aliphatic rings. The minimum Gasteiger partial charge on any atom is -0.432 e. The molecule has 22 heteroatoms. The van der Waals surface area contributed by atoms with Gasteiger partial charge in [0.05, 0.1) is 48.4 Å². The Kier molecular flexibility index (Phi) is 12.1. The summed E-state index contributed by atoms with van der Waals surface area (Å²) < 4.78 is 62.6. The van der Waals surface area contributed by atoms with Crippen molar-refractivity contribution in [3.8, 4) is 11.4 Å². The van der Waals surface area contributed by atoms with Gasteiger partial charge in [0.15, 0.2) is 41.2 Å². The van der Waals surface area contributed by atoms with Crippen LogP contribution >= 0.6 is 11.6 Å². The number of furan rings is 2. The standard InChI is InChI=1S/C22H16FN5O3.C14H17BFNO2.C14H11ClN4O3/c23-13-8-15(14-1-2-24-17(14)9-13)20-26-18-16-7-12(11-29)10-25-22(16)31-19(18)21(27-20)28-3-5-30-6-4-28;1-13(2)14(3,4)19-15(18-13)11-7-9(16)8-12-10(11)5-6-17-12;15-14-17-10-9-5-8(7-20)6-16-13(9)22-11(10)12(18-14)19-1-3-21-4-2-19/h1-2,7-11,24H,3-6H2;5-8,17H,1-4H3;5-7H,1-4H2. The maximum atomic E-state index is 14.4. The molecular weight excluding hydrogens is 953 g/mol. The molecule has 13 rings (SSSR count). The van der Waals surface area contributed by atoms with Crippen molar-refractivity contribution >= 4 is 115 Å². The van der Waals surface area contributed by atoms with Gasteiger partial charge in [0, 0.05) is 84.1 Å². The summed E-state index contributed by atoms with van der Waals surface area (Å²) in [6.07, 6.45) is 7.92. The molecule has 0 atom stereocenters. The number of halogens is 3. The lowest BCUT2D eigenvalue weighted by atomic mass is 9.77. The third-order valence-electron chi connectivity index (χ3n) is 13.3. The van der Waals surface area contributed by atoms with E-state index in [2.05, 4.69) is 34.8 Å². The number of pyridine rings is 2. The lowest BCUT2D eigenvalue weighted by Gasteiger charge is -2.32. The van der Waals surface area contributed by atoms with Crippen LogP contribution in [0.25, 0.3) is 77.6 Å². The number of ether oxygens (including phenoxy) is 2. The number of carbonyl (C=O) groups is 2. The highest BCUT2D eigenvalue weighted by atomic mass is 35.5. The van der Waals surface area contributed by atoms with Crippen LogP contribution in [0.4, 0.5) is 20.4 Å². The fourth-order valence-corrected chi connectivity index (χ4v) is 9.07. The van der Waals surface area contributed by atoms with Crippen LogP contribution in [-0.4, -0.2) is 123 Å². The van der Waals surface area contributed by atoms with Gasteiger partial charge in [-0.2, -0.15) is 4.98 Å². The number of hydrogen-bond donors (Lipinski definition) is 2. The van der Waals surface area contributed by atoms with E-state index in [1.807, 2.05) is 44.7 Å². The van der Waals surface area contributed by atoms with Gasteiger partial charge in [-0.05, 0) is 98.7 Å². The topological polar surface area (TPSA) is 213 Å². The van der Waals surface area contributed by atoms with E-state index >= 15 is 0 Å². The van der Waals surface area contributed by atoms with E-state index in [9.17, 15) is 18.4 Å². The second kappa shape index (κ2) is 18.6. The van der Waals surface area contributed by atoms with E-state index in [-0.39, 0.29) is 16.9 Å². The molecule has 3 fully saturated rings. The molecule has 18 nitrogen and oxygen atoms in total. The summed E-state index contributed by atoms with van der Waals surface area (Å²) in [6, 6.07) is 13.0. The summed E-state index contributed by atoms with van der Waals surface area (Å²) in [5.41, 5.74) is 5.63. The monoisotopic (exact) mass is 996 g/mol. The Balaban J connectivity index is 0.000000121. The van der Waals surface area contributed by atoms with Crippen LogP contribution in [0, 0.1) is 11.6 Å². The zero-order valence-electron chi connectivity index (χ0n) is 39.3. The van der Waals surface area contributed by atoms with Crippen molar-refractivity contribution in [1.82, 2.24) is 39.9 Å². The van der Waals surface area contributed by atoms with Crippen LogP contribution in [0.2, 0.25) is 5.28 Å². The van der Waals surface area contributed by atoms with Gasteiger partial charge >= 0.3 is 7.12 Å². The molecule has 10 aromatic rings. The van der Waals surface area contributed by atoms with Crippen molar-refractivity contribution in [2.45, 2.75) is 38.9 Å². The van der Waals surface area contributed by atoms with Crippen LogP contribution < -0.4 is 15.3 Å². The number of benzene rings is 2. The number of morpholine rings is 2. The van der Waals surface area contributed by atoms with Crippen molar-refractivity contribution in [2.75, 3.05) is 62.4 Å². The number of aldehydes is 2. The van der Waals surface area contributed by atoms with Crippen molar-refractivity contribution in [3.63, 3.8) is 0 Å². The minimum absolute atomic E-state index is 0.133. The van der Waals surface area contributed by atoms with Gasteiger partial charge in [-0.3, -0.25) is 9.59 Å². The smallest absolute Gasteiger partial charge is 0.432 e. The first-order valence-corrected chi connectivity index (χ1v) is 23.5. The zero-order valence-corrected chi connectivity index (χ0v) is 40.1. The fraction of sp³-hybridized carbons (Fsp3) is 0.280. The second-order valence-electron chi connectivity index (χ2n) is 18.3. The molecule has 2 aromatic carbocycles. The van der Waals surface area contributed by atoms with Crippen molar-refractivity contribution in [2.24, 2.45) is 0 Å². The summed E-state index contributed by atoms with van der Waals surface area (Å²) in [5.74, 6) is 0.923. The van der Waals surface area contributed by atoms with E-state index in [4.69, 9.17) is 49.2 Å². The highest BCUT2D eigenvalue weighted by Crippen LogP contribution is 2.39. The Labute approximate surface area is 413 Å². The molecule has 3 aliphatic heterocycles. The number of hydrogen-bond acceptors (Lipinski definition) is 16. The van der Waals surface area contributed by atoms with E-state index in [1.54, 1.807) is 24.5 Å². The second-order valence-corrected chi connectivity index (χ2v) is 18.7. The van der Waals surface area contributed by atoms with Gasteiger partial charge in [0.25, 0.3) is 0 Å². The van der Waals surface area contributed by atoms with E-state index in [0.717, 1.165) is 34.3 Å². The highest BCUT2D eigenvalue weighted by Gasteiger charge is 2.52. The van der Waals surface area contributed by atoms with Crippen LogP contribution in [0.5, 0.6) is 0 Å². The lowest BCUT2D eigenvalue weighted by molar-refractivity contribution is 0.00578. The lowest BCUT2D eigenvalue weighted by Crippen LogP contribution is -2.41. The number of nitrogens with zero attached hydrogens (tertiary/aromatic N) is 8. The molecule has 8 aromatic heterocycles. The largest absolute Gasteiger partial charge is 0.495 e. The molecule has 0 amide bonds. The SMILES string of the molecule is CC1(C)OB(c2cc(F)cc3[nH]ccc23)OC1(C)C.O=Cc1cnc2oc3c(N4CCOCC4)nc(-c4cc(F)cc5[nH]ccc45)nc3c2c1.O=Cc1cnc2oc3c(N4CCOCC4)nc(Cl)nc3c2c1. The number of carbonyl (C=O) groups excluding carboxylic acids is 2. The predicted octanol–water partition coefficient (Wildman–Crippen LogP) is 8.39. The summed E-state index contributed by atoms with van der Waals surface area (Å²) >= 11 is 6.06. The summed E-state index contributed by atoms with van der Waals surface area (Å²) in [4.78, 5) is 58.9. The average molecular weight is 997 g/mol. The Hall–Kier alpha value is -7.43. The number of H-pyrrole nitrogens is 2. The average Bonchev–Trinajstić information content (AvgIpc) is 4.23. The van der Waals surface area contributed by atoms with Gasteiger partial charge in [-0.25, -0.2) is 33.7 Å². The molecule has 0 spiro atoms. The molecule has 0 radical (unpaired) electrons. The number of aromatic nitrogens is 8. The molecule has 72 heavy (non-hydrogen) atoms. The normalized spacial score (nSPS) is 16.7. The van der Waals surface area contributed by atoms with E-state index in [0.29, 0.717) is 137 Å². The van der Waals surface area contributed by atoms with Gasteiger partial charge in [-0.15, -0.1) is 0 Å². The third kappa shape index (κ3) is 8.65. The van der Waals surface area contributed by atoms with Crippen LogP contribution in [-0.2, 0) is 18.8 Å². The van der Waals surface area contributed by atoms with Crippen LogP contribution in [0.1, 0.15) is 48.4 Å². The number of aromatic amines is 2. The van der Waals surface area contributed by atoms with Crippen molar-refractivity contribution in [3.05, 3.63) is 101 Å². The van der Waals surface area contributed by atoms with Gasteiger partial charge in [0.1, 0.15) is 22.7 Å². The predicted molar refractivity (Wildman–Crippen MR) is 267 cm³/mol. The van der Waals surface area contributed by atoms with E-state index < -0.39 is 18.3 Å². The summed E-state index contributed by atoms with van der Waals surface area (Å²) in [6.45, 7) is 13.0. The molecular formula is C50H44BClF2N10O8. The van der Waals surface area contributed by atoms with Crippen molar-refractivity contribution in [1.29, 1.82) is 0 Å². The first-order chi connectivity index (χ1) is 34.8. The Morgan fingerprint density at radius 3 is 1.69 bits per heavy atom. The Morgan fingerprint density at radius 1 is 0.639 bits per heavy atom. The maximum absolute atomic E-state index is 14.4. The van der Waals surface area contributed by atoms with Crippen LogP contribution in [0.15, 0.2) is 82.2 Å². The maximum Gasteiger partial charge on any atom is 0.495 e. The number of rotatable bonds is 6. The van der Waals surface area contributed by atoms with Crippen LogP contribution in [0.3, 0.4) is 0 Å². The molecule has 0 bridgehead atoms. The summed E-state index contributed by atoms with van der Waals surface area (Å²) in [5, 5.41) is 3.14. The number of nitrogens with one attached hydrogen (secondary N) is 2. The Bertz CT molecular complexity index is 3700. The fourth-order valence-electron chi connectivity index (χ4n) is 8.91. The van der Waals surface area contributed by atoms with Gasteiger partial charge in [0.2, 0.25) is 16.7 Å².